The Balaban J connectivity index is 2.20. The van der Waals surface area contributed by atoms with Crippen LogP contribution in [0.4, 0.5) is 19.1 Å². The molecule has 2 aromatic rings. The second-order valence-corrected chi connectivity index (χ2v) is 4.34. The molecule has 0 radical (unpaired) electrons. The van der Waals surface area contributed by atoms with Crippen molar-refractivity contribution < 1.29 is 17.9 Å². The minimum absolute atomic E-state index is 0.284. The number of aryl methyl sites for hydroxylation is 1. The second-order valence-electron chi connectivity index (χ2n) is 4.34. The third-order valence-corrected chi connectivity index (χ3v) is 2.66. The third-order valence-electron chi connectivity index (χ3n) is 2.66. The maximum atomic E-state index is 12.5. The van der Waals surface area contributed by atoms with Crippen molar-refractivity contribution in [1.29, 1.82) is 0 Å². The van der Waals surface area contributed by atoms with E-state index >= 15 is 0 Å². The molecule has 0 atom stereocenters. The molecule has 1 aromatic carbocycles. The zero-order chi connectivity index (χ0) is 15.5. The van der Waals surface area contributed by atoms with E-state index in [1.807, 2.05) is 6.92 Å². The smallest absolute Gasteiger partial charge is 0.416 e. The Hall–Kier alpha value is -2.31. The molecule has 1 N–H and O–H groups in total. The standard InChI is InChI=1S/C14H14F3N3O/c1-3-18-13-19-8-9(2)12(20-13)21-11-6-4-10(5-7-11)14(15,16)17/h4-8H,3H2,1-2H3,(H,18,19,20). The van der Waals surface area contributed by atoms with Gasteiger partial charge in [0.25, 0.3) is 0 Å². The summed E-state index contributed by atoms with van der Waals surface area (Å²) in [6, 6.07) is 4.46. The average Bonchev–Trinajstić information content (AvgIpc) is 2.42. The molecule has 0 aliphatic carbocycles. The van der Waals surface area contributed by atoms with Gasteiger partial charge in [-0.05, 0) is 38.1 Å². The highest BCUT2D eigenvalue weighted by Crippen LogP contribution is 2.31. The van der Waals surface area contributed by atoms with Crippen LogP contribution in [0.3, 0.4) is 0 Å². The van der Waals surface area contributed by atoms with Gasteiger partial charge in [0.15, 0.2) is 0 Å². The zero-order valence-electron chi connectivity index (χ0n) is 11.5. The van der Waals surface area contributed by atoms with Crippen LogP contribution in [-0.4, -0.2) is 16.5 Å². The number of nitrogens with zero attached hydrogens (tertiary/aromatic N) is 2. The second kappa shape index (κ2) is 5.99. The molecule has 0 saturated carbocycles. The molecule has 0 aliphatic rings. The average molecular weight is 297 g/mol. The topological polar surface area (TPSA) is 47.0 Å². The molecule has 1 aromatic heterocycles. The maximum absolute atomic E-state index is 12.5. The van der Waals surface area contributed by atoms with Gasteiger partial charge in [-0.15, -0.1) is 0 Å². The van der Waals surface area contributed by atoms with E-state index in [0.717, 1.165) is 12.1 Å². The zero-order valence-corrected chi connectivity index (χ0v) is 11.5. The summed E-state index contributed by atoms with van der Waals surface area (Å²) in [4.78, 5) is 8.23. The summed E-state index contributed by atoms with van der Waals surface area (Å²) >= 11 is 0. The van der Waals surface area contributed by atoms with Gasteiger partial charge in [0.1, 0.15) is 5.75 Å². The molecule has 0 aliphatic heterocycles. The molecule has 0 fully saturated rings. The Morgan fingerprint density at radius 3 is 2.43 bits per heavy atom. The van der Waals surface area contributed by atoms with Crippen molar-refractivity contribution in [3.05, 3.63) is 41.6 Å². The number of ether oxygens (including phenoxy) is 1. The van der Waals surface area contributed by atoms with Gasteiger partial charge in [-0.1, -0.05) is 0 Å². The first-order valence-corrected chi connectivity index (χ1v) is 6.32. The lowest BCUT2D eigenvalue weighted by atomic mass is 10.2. The quantitative estimate of drug-likeness (QED) is 0.925. The summed E-state index contributed by atoms with van der Waals surface area (Å²) < 4.78 is 42.9. The Kier molecular flexibility index (Phi) is 4.30. The predicted octanol–water partition coefficient (Wildman–Crippen LogP) is 4.03. The maximum Gasteiger partial charge on any atom is 0.416 e. The van der Waals surface area contributed by atoms with Gasteiger partial charge < -0.3 is 10.1 Å². The number of alkyl halides is 3. The van der Waals surface area contributed by atoms with Gasteiger partial charge in [0.05, 0.1) is 5.56 Å². The summed E-state index contributed by atoms with van der Waals surface area (Å²) in [5.74, 6) is 0.998. The van der Waals surface area contributed by atoms with Crippen LogP contribution in [0, 0.1) is 6.92 Å². The lowest BCUT2D eigenvalue weighted by Crippen LogP contribution is -2.05. The first-order chi connectivity index (χ1) is 9.90. The van der Waals surface area contributed by atoms with Gasteiger partial charge >= 0.3 is 6.18 Å². The molecule has 21 heavy (non-hydrogen) atoms. The number of anilines is 1. The number of halogens is 3. The molecule has 0 amide bonds. The highest BCUT2D eigenvalue weighted by molar-refractivity contribution is 5.37. The van der Waals surface area contributed by atoms with E-state index in [0.29, 0.717) is 23.9 Å². The van der Waals surface area contributed by atoms with Crippen molar-refractivity contribution >= 4 is 5.95 Å². The monoisotopic (exact) mass is 297 g/mol. The molecule has 0 spiro atoms. The van der Waals surface area contributed by atoms with E-state index in [1.54, 1.807) is 13.1 Å². The third kappa shape index (κ3) is 3.84. The fourth-order valence-corrected chi connectivity index (χ4v) is 1.60. The van der Waals surface area contributed by atoms with E-state index in [4.69, 9.17) is 4.74 Å². The Bertz CT molecular complexity index is 612. The van der Waals surface area contributed by atoms with Crippen LogP contribution in [0.2, 0.25) is 0 Å². The Morgan fingerprint density at radius 2 is 1.86 bits per heavy atom. The van der Waals surface area contributed by atoms with Gasteiger partial charge in [-0.3, -0.25) is 0 Å². The molecular formula is C14H14F3N3O. The molecule has 7 heteroatoms. The number of aromatic nitrogens is 2. The van der Waals surface area contributed by atoms with Gasteiger partial charge in [0, 0.05) is 18.3 Å². The normalized spacial score (nSPS) is 11.3. The van der Waals surface area contributed by atoms with Crippen LogP contribution in [0.5, 0.6) is 11.6 Å². The van der Waals surface area contributed by atoms with E-state index in [2.05, 4.69) is 15.3 Å². The molecule has 4 nitrogen and oxygen atoms in total. The highest BCUT2D eigenvalue weighted by atomic mass is 19.4. The minimum atomic E-state index is -4.36. The van der Waals surface area contributed by atoms with Crippen molar-refractivity contribution in [2.75, 3.05) is 11.9 Å². The number of nitrogens with one attached hydrogen (secondary N) is 1. The Morgan fingerprint density at radius 1 is 1.19 bits per heavy atom. The largest absolute Gasteiger partial charge is 0.439 e. The summed E-state index contributed by atoms with van der Waals surface area (Å²) in [7, 11) is 0. The first kappa shape index (κ1) is 15.1. The lowest BCUT2D eigenvalue weighted by molar-refractivity contribution is -0.137. The van der Waals surface area contributed by atoms with Crippen molar-refractivity contribution in [3.8, 4) is 11.6 Å². The van der Waals surface area contributed by atoms with Crippen molar-refractivity contribution in [3.63, 3.8) is 0 Å². The van der Waals surface area contributed by atoms with E-state index < -0.39 is 11.7 Å². The number of hydrogen-bond donors (Lipinski definition) is 1. The van der Waals surface area contributed by atoms with E-state index in [1.165, 1.54) is 12.1 Å². The summed E-state index contributed by atoms with van der Waals surface area (Å²) in [6.45, 7) is 4.32. The van der Waals surface area contributed by atoms with Crippen molar-refractivity contribution in [2.24, 2.45) is 0 Å². The summed E-state index contributed by atoms with van der Waals surface area (Å²) in [6.07, 6.45) is -2.77. The molecule has 1 heterocycles. The highest BCUT2D eigenvalue weighted by Gasteiger charge is 2.30. The summed E-state index contributed by atoms with van der Waals surface area (Å²) in [5, 5.41) is 2.94. The SMILES string of the molecule is CCNc1ncc(C)c(Oc2ccc(C(F)(F)F)cc2)n1. The first-order valence-electron chi connectivity index (χ1n) is 6.32. The van der Waals surface area contributed by atoms with Gasteiger partial charge in [-0.2, -0.15) is 18.2 Å². The molecule has 0 bridgehead atoms. The number of rotatable bonds is 4. The molecule has 2 rings (SSSR count). The van der Waals surface area contributed by atoms with Crippen LogP contribution >= 0.6 is 0 Å². The number of hydrogen-bond acceptors (Lipinski definition) is 4. The molecule has 112 valence electrons. The van der Waals surface area contributed by atoms with E-state index in [-0.39, 0.29) is 5.75 Å². The van der Waals surface area contributed by atoms with Crippen LogP contribution in [0.1, 0.15) is 18.1 Å². The van der Waals surface area contributed by atoms with Crippen molar-refractivity contribution in [2.45, 2.75) is 20.0 Å². The van der Waals surface area contributed by atoms with Crippen molar-refractivity contribution in [1.82, 2.24) is 9.97 Å². The fraction of sp³-hybridized carbons (Fsp3) is 0.286. The molecule has 0 unspecified atom stereocenters. The number of benzene rings is 1. The van der Waals surface area contributed by atoms with Crippen LogP contribution in [0.25, 0.3) is 0 Å². The lowest BCUT2D eigenvalue weighted by Gasteiger charge is -2.10. The fourth-order valence-electron chi connectivity index (χ4n) is 1.60. The van der Waals surface area contributed by atoms with E-state index in [9.17, 15) is 13.2 Å². The van der Waals surface area contributed by atoms with Crippen LogP contribution < -0.4 is 10.1 Å². The molecular weight excluding hydrogens is 283 g/mol. The minimum Gasteiger partial charge on any atom is -0.439 e. The predicted molar refractivity (Wildman–Crippen MR) is 72.5 cm³/mol. The van der Waals surface area contributed by atoms with Gasteiger partial charge in [0.2, 0.25) is 11.8 Å². The molecule has 0 saturated heterocycles. The summed E-state index contributed by atoms with van der Waals surface area (Å²) in [5.41, 5.74) is -0.0286. The van der Waals surface area contributed by atoms with Gasteiger partial charge in [-0.25, -0.2) is 4.98 Å². The van der Waals surface area contributed by atoms with Crippen LogP contribution in [0.15, 0.2) is 30.5 Å². The van der Waals surface area contributed by atoms with Crippen LogP contribution in [-0.2, 0) is 6.18 Å². The Labute approximate surface area is 120 Å².